The van der Waals surface area contributed by atoms with E-state index in [1.54, 1.807) is 13.2 Å². The zero-order valence-corrected chi connectivity index (χ0v) is 48.9. The topological polar surface area (TPSA) is 337 Å². The molecule has 21 nitrogen and oxygen atoms in total. The van der Waals surface area contributed by atoms with Crippen LogP contribution in [0.25, 0.3) is 0 Å². The van der Waals surface area contributed by atoms with Crippen molar-refractivity contribution in [2.75, 3.05) is 6.61 Å². The maximum atomic E-state index is 11.9. The average Bonchev–Trinajstić information content (AvgIpc) is 0.861. The molecular formula is C73H109BrO21. The van der Waals surface area contributed by atoms with E-state index >= 15 is 0 Å². The zero-order chi connectivity index (χ0) is 62.5. The molecule has 1 aliphatic heterocycles. The number of carboxylic acids is 1. The van der Waals surface area contributed by atoms with E-state index in [0.29, 0.717) is 48.7 Å². The minimum absolute atomic E-state index is 0. The van der Waals surface area contributed by atoms with Crippen LogP contribution in [0.4, 0.5) is 0 Å². The first-order chi connectivity index (χ1) is 40.9. The molecule has 0 spiro atoms. The smallest absolute Gasteiger partial charge is 0.375 e. The van der Waals surface area contributed by atoms with Crippen molar-refractivity contribution in [3.05, 3.63) is 260 Å². The third-order valence-corrected chi connectivity index (χ3v) is 11.7. The van der Waals surface area contributed by atoms with Crippen molar-refractivity contribution >= 4 is 21.9 Å². The minimum atomic E-state index is -1.32. The lowest BCUT2D eigenvalue weighted by Crippen LogP contribution is -2.14. The lowest BCUT2D eigenvalue weighted by Gasteiger charge is -2.09. The number of hydrogen-bond donors (Lipinski definition) is 7. The number of aromatic hydroxyl groups is 3. The van der Waals surface area contributed by atoms with Gasteiger partial charge in [0, 0.05) is 61.3 Å². The number of aliphatic hydroxyl groups is 3. The molecule has 534 valence electrons. The van der Waals surface area contributed by atoms with Gasteiger partial charge in [-0.3, -0.25) is 24.0 Å². The molecule has 0 bridgehead atoms. The van der Waals surface area contributed by atoms with Crippen LogP contribution in [0.15, 0.2) is 192 Å². The summed E-state index contributed by atoms with van der Waals surface area (Å²) < 4.78 is 40.7. The van der Waals surface area contributed by atoms with Gasteiger partial charge in [-0.25, -0.2) is 4.79 Å². The molecule has 0 saturated heterocycles. The number of carbonyl (C=O) groups is 1. The number of alkyl halides is 1. The molecule has 8 aromatic rings. The number of hydrogen-bond acceptors (Lipinski definition) is 20. The van der Waals surface area contributed by atoms with E-state index in [1.807, 2.05) is 106 Å². The Labute approximate surface area is 570 Å². The maximum Gasteiger partial charge on any atom is 0.375 e. The predicted octanol–water partition coefficient (Wildman–Crippen LogP) is 16.2. The van der Waals surface area contributed by atoms with Crippen molar-refractivity contribution in [1.82, 2.24) is 0 Å². The first-order valence-corrected chi connectivity index (χ1v) is 27.6. The second-order valence-corrected chi connectivity index (χ2v) is 17.9. The largest absolute Gasteiger partial charge is 0.502 e. The fraction of sp³-hybridized carbons (Fsp3) is 0.370. The molecule has 0 unspecified atom stereocenters. The van der Waals surface area contributed by atoms with Crippen LogP contribution < -0.4 is 36.6 Å². The maximum absolute atomic E-state index is 11.9. The number of carboxylic acid groups (broad SMARTS) is 1. The highest BCUT2D eigenvalue weighted by Gasteiger charge is 2.20. The molecule has 0 saturated carbocycles. The lowest BCUT2D eigenvalue weighted by molar-refractivity contribution is 0.0647. The van der Waals surface area contributed by atoms with Crippen LogP contribution in [0.2, 0.25) is 0 Å². The zero-order valence-electron chi connectivity index (χ0n) is 47.3. The molecule has 22 heteroatoms. The number of halogens is 1. The Hall–Kier alpha value is -9.22. The Morgan fingerprint density at radius 1 is 0.474 bits per heavy atom. The van der Waals surface area contributed by atoms with Gasteiger partial charge in [-0.05, 0) is 35.6 Å². The monoisotopic (exact) mass is 1400 g/mol. The van der Waals surface area contributed by atoms with E-state index in [1.165, 1.54) is 42.7 Å². The summed E-state index contributed by atoms with van der Waals surface area (Å²) >= 11 is 3.36. The van der Waals surface area contributed by atoms with Crippen molar-refractivity contribution in [3.8, 4) is 28.7 Å². The second kappa shape index (κ2) is 57.4. The van der Waals surface area contributed by atoms with Crippen LogP contribution >= 0.6 is 15.9 Å². The molecule has 7 N–H and O–H groups in total. The second-order valence-electron chi connectivity index (χ2n) is 17.4. The van der Waals surface area contributed by atoms with Crippen LogP contribution in [0, 0.1) is 0 Å². The quantitative estimate of drug-likeness (QED) is 0.0469. The van der Waals surface area contributed by atoms with Gasteiger partial charge in [-0.2, -0.15) is 0 Å². The molecule has 1 aliphatic rings. The number of aromatic carboxylic acids is 1. The van der Waals surface area contributed by atoms with Gasteiger partial charge < -0.3 is 72.0 Å². The highest BCUT2D eigenvalue weighted by molar-refractivity contribution is 9.08. The normalized spacial score (nSPS) is 9.60. The minimum Gasteiger partial charge on any atom is -0.502 e. The summed E-state index contributed by atoms with van der Waals surface area (Å²) in [5, 5.41) is 62.8. The van der Waals surface area contributed by atoms with E-state index in [0.717, 1.165) is 41.7 Å². The summed E-state index contributed by atoms with van der Waals surface area (Å²) in [6.07, 6.45) is 10.4. The van der Waals surface area contributed by atoms with Crippen molar-refractivity contribution in [3.63, 3.8) is 0 Å². The number of allylic oxidation sites excluding steroid dienone is 1. The Balaban J connectivity index is -0.000000157. The SMILES string of the molecule is BrCc1ccccc1.C.C.C.C.C.C.C.C.C.C.C1=COCCC1.CCc1cc(=O)c(O)c(CO)o1.CCc1cc(=O)c(O)co1.CCc1cc(=O)c(OCc2ccccc2)c(C(=O)O)o1.CCc1cc(=O)c(OCc2ccccc2)c(CO)o1.O=c1cc(CO)occ1O. The number of benzene rings is 3. The van der Waals surface area contributed by atoms with E-state index in [4.69, 9.17) is 62.5 Å². The summed E-state index contributed by atoms with van der Waals surface area (Å²) in [7, 11) is 0. The van der Waals surface area contributed by atoms with E-state index < -0.39 is 46.1 Å². The molecule has 0 atom stereocenters. The van der Waals surface area contributed by atoms with Crippen LogP contribution in [0.5, 0.6) is 28.7 Å². The van der Waals surface area contributed by atoms with E-state index in [9.17, 15) is 33.9 Å². The summed E-state index contributed by atoms with van der Waals surface area (Å²) in [5.74, 6) is -1.08. The fourth-order valence-corrected chi connectivity index (χ4v) is 6.91. The number of rotatable bonds is 15. The summed E-state index contributed by atoms with van der Waals surface area (Å²) in [5.41, 5.74) is 0.922. The number of aliphatic hydroxyl groups excluding tert-OH is 3. The molecule has 0 fully saturated rings. The van der Waals surface area contributed by atoms with Gasteiger partial charge in [0.2, 0.25) is 44.4 Å². The van der Waals surface area contributed by atoms with Gasteiger partial charge in [-0.1, -0.05) is 209 Å². The number of aryl methyl sites for hydroxylation is 4. The van der Waals surface area contributed by atoms with E-state index in [-0.39, 0.29) is 146 Å². The summed E-state index contributed by atoms with van der Waals surface area (Å²) in [4.78, 5) is 67.2. The van der Waals surface area contributed by atoms with Crippen LogP contribution in [0.3, 0.4) is 0 Å². The molecule has 95 heavy (non-hydrogen) atoms. The van der Waals surface area contributed by atoms with Crippen LogP contribution in [0.1, 0.15) is 182 Å². The highest BCUT2D eigenvalue weighted by atomic mass is 79.9. The number of ether oxygens (including phenoxy) is 3. The predicted molar refractivity (Wildman–Crippen MR) is 384 cm³/mol. The van der Waals surface area contributed by atoms with E-state index in [2.05, 4.69) is 32.5 Å². The van der Waals surface area contributed by atoms with Gasteiger partial charge in [0.15, 0.2) is 23.0 Å². The third kappa shape index (κ3) is 37.3. The average molecular weight is 1400 g/mol. The van der Waals surface area contributed by atoms with Gasteiger partial charge >= 0.3 is 5.97 Å². The van der Waals surface area contributed by atoms with Gasteiger partial charge in [0.25, 0.3) is 5.76 Å². The van der Waals surface area contributed by atoms with Crippen LogP contribution in [-0.2, 0) is 68.8 Å². The fourth-order valence-electron chi connectivity index (χ4n) is 6.54. The Morgan fingerprint density at radius 2 is 0.853 bits per heavy atom. The highest BCUT2D eigenvalue weighted by Crippen LogP contribution is 2.19. The molecule has 0 radical (unpaired) electrons. The first-order valence-electron chi connectivity index (χ1n) is 26.5. The molecular weight excluding hydrogens is 1290 g/mol. The first kappa shape index (κ1) is 102. The standard InChI is InChI=1S/C15H14O5.C15H16O4.C8H10O4.C7H7Br.C7H8O3.C6H6O4.C5H8O.10CH4/c1-2-11-8-12(16)13(14(20-11)15(17)18)19-9-10-6-4-3-5-7-10;1-2-12-8-13(17)15(14(9-16)19-12)18-10-11-6-4-3-5-7-11;1-2-5-3-6(10)8(11)7(4-9)12-5;8-6-7-4-2-1-3-5-7;1-2-5-3-6(8)7(9)4-10-5;7-2-4-1-5(8)6(9)3-10-4;1-2-4-6-5-3-1;;;;;;;;;;/h3-8H,2,9H2,1H3,(H,17,18);3-8,16H,2,9-10H2,1H3;3,9,11H,2,4H2,1H3;1-5H,6H2;3-4,9H,2H2,1H3;1,3,7,9H,2H2;2,4H,1,3,5H2;10*1H4. The van der Waals surface area contributed by atoms with Crippen LogP contribution in [-0.4, -0.2) is 48.3 Å². The van der Waals surface area contributed by atoms with Crippen molar-refractivity contribution in [2.45, 2.75) is 179 Å². The Morgan fingerprint density at radius 3 is 1.20 bits per heavy atom. The van der Waals surface area contributed by atoms with Crippen molar-refractivity contribution in [2.24, 2.45) is 0 Å². The molecule has 6 heterocycles. The van der Waals surface area contributed by atoms with Gasteiger partial charge in [0.1, 0.15) is 74.4 Å². The third-order valence-electron chi connectivity index (χ3n) is 11.1. The Bertz CT molecular complexity index is 3510. The molecule has 0 amide bonds. The van der Waals surface area contributed by atoms with Gasteiger partial charge in [-0.15, -0.1) is 0 Å². The van der Waals surface area contributed by atoms with Gasteiger partial charge in [0.05, 0.1) is 12.9 Å². The summed E-state index contributed by atoms with van der Waals surface area (Å²) in [6.45, 7) is 7.47. The molecule has 0 aliphatic carbocycles. The van der Waals surface area contributed by atoms with Crippen molar-refractivity contribution in [1.29, 1.82) is 0 Å². The summed E-state index contributed by atoms with van der Waals surface area (Å²) in [6, 6.07) is 35.2. The van der Waals surface area contributed by atoms with Crippen molar-refractivity contribution < 1.29 is 76.8 Å². The molecule has 9 rings (SSSR count). The molecule has 5 aromatic heterocycles. The lowest BCUT2D eigenvalue weighted by atomic mass is 10.2. The molecule has 3 aromatic carbocycles. The Kier molecular flexibility index (Phi) is 61.6.